The Hall–Kier alpha value is -1.95. The number of hydrogen-bond donors (Lipinski definition) is 1. The Balaban J connectivity index is 1.60. The fourth-order valence-electron chi connectivity index (χ4n) is 2.83. The number of amides is 1. The zero-order valence-corrected chi connectivity index (χ0v) is 12.2. The van der Waals surface area contributed by atoms with E-state index in [2.05, 4.69) is 15.5 Å². The van der Waals surface area contributed by atoms with Crippen LogP contribution in [-0.2, 0) is 16.2 Å². The zero-order chi connectivity index (χ0) is 14.7. The van der Waals surface area contributed by atoms with Crippen LogP contribution >= 0.6 is 0 Å². The number of oxime groups is 1. The fraction of sp³-hybridized carbons (Fsp3) is 0.533. The number of rotatable bonds is 3. The van der Waals surface area contributed by atoms with Crippen LogP contribution < -0.4 is 5.32 Å². The third-order valence-corrected chi connectivity index (χ3v) is 3.99. The third-order valence-electron chi connectivity index (χ3n) is 3.99. The molecule has 1 fully saturated rings. The van der Waals surface area contributed by atoms with Gasteiger partial charge in [0.25, 0.3) is 5.91 Å². The lowest BCUT2D eigenvalue weighted by molar-refractivity contribution is -0.123. The van der Waals surface area contributed by atoms with Gasteiger partial charge in [-0.25, -0.2) is 0 Å². The highest BCUT2D eigenvalue weighted by Gasteiger charge is 2.42. The van der Waals surface area contributed by atoms with Crippen molar-refractivity contribution >= 4 is 11.6 Å². The normalized spacial score (nSPS) is 24.5. The Kier molecular flexibility index (Phi) is 3.88. The summed E-state index contributed by atoms with van der Waals surface area (Å²) in [6.07, 6.45) is 4.32. The minimum atomic E-state index is -0.310. The molecule has 1 spiro atoms. The van der Waals surface area contributed by atoms with Gasteiger partial charge in [0, 0.05) is 26.2 Å². The molecule has 112 valence electrons. The zero-order valence-electron chi connectivity index (χ0n) is 12.2. The maximum atomic E-state index is 12.4. The number of nitrogens with zero attached hydrogens (tertiary/aromatic N) is 3. The maximum Gasteiger partial charge on any atom is 0.271 e. The first kappa shape index (κ1) is 14.0. The lowest BCUT2D eigenvalue weighted by atomic mass is 9.89. The summed E-state index contributed by atoms with van der Waals surface area (Å²) in [5, 5.41) is 7.35. The lowest BCUT2D eigenvalue weighted by Gasteiger charge is -2.31. The Bertz CT molecular complexity index is 538. The van der Waals surface area contributed by atoms with Crippen molar-refractivity contribution in [1.82, 2.24) is 15.2 Å². The van der Waals surface area contributed by atoms with Crippen molar-refractivity contribution in [2.75, 3.05) is 20.1 Å². The number of carbonyl (C=O) groups is 1. The van der Waals surface area contributed by atoms with Crippen molar-refractivity contribution < 1.29 is 9.63 Å². The summed E-state index contributed by atoms with van der Waals surface area (Å²) >= 11 is 0. The van der Waals surface area contributed by atoms with Crippen LogP contribution in [0.2, 0.25) is 0 Å². The summed E-state index contributed by atoms with van der Waals surface area (Å²) in [6, 6.07) is 5.68. The molecule has 2 aliphatic rings. The highest BCUT2D eigenvalue weighted by molar-refractivity contribution is 6.39. The molecule has 2 aliphatic heterocycles. The van der Waals surface area contributed by atoms with Gasteiger partial charge in [0.15, 0.2) is 5.60 Å². The van der Waals surface area contributed by atoms with Gasteiger partial charge in [0.05, 0.1) is 12.2 Å². The van der Waals surface area contributed by atoms with Gasteiger partial charge in [-0.05, 0) is 31.5 Å². The number of hydrogen-bond acceptors (Lipinski definition) is 5. The topological polar surface area (TPSA) is 66.8 Å². The Labute approximate surface area is 124 Å². The van der Waals surface area contributed by atoms with E-state index in [-0.39, 0.29) is 11.5 Å². The highest BCUT2D eigenvalue weighted by Crippen LogP contribution is 2.30. The van der Waals surface area contributed by atoms with Gasteiger partial charge in [0.1, 0.15) is 5.71 Å². The van der Waals surface area contributed by atoms with E-state index in [0.29, 0.717) is 18.7 Å². The molecule has 1 aromatic heterocycles. The van der Waals surface area contributed by atoms with E-state index in [0.717, 1.165) is 31.6 Å². The summed E-state index contributed by atoms with van der Waals surface area (Å²) < 4.78 is 0. The molecular weight excluding hydrogens is 268 g/mol. The maximum absolute atomic E-state index is 12.4. The van der Waals surface area contributed by atoms with Crippen LogP contribution in [0, 0.1) is 0 Å². The fourth-order valence-corrected chi connectivity index (χ4v) is 2.83. The summed E-state index contributed by atoms with van der Waals surface area (Å²) in [5.74, 6) is -0.0805. The van der Waals surface area contributed by atoms with Crippen LogP contribution in [-0.4, -0.2) is 47.2 Å². The number of aromatic nitrogens is 1. The van der Waals surface area contributed by atoms with E-state index in [9.17, 15) is 4.79 Å². The molecular formula is C15H20N4O2. The number of nitrogens with one attached hydrogen (secondary N) is 1. The molecule has 1 atom stereocenters. The third kappa shape index (κ3) is 3.05. The van der Waals surface area contributed by atoms with Crippen molar-refractivity contribution in [2.45, 2.75) is 31.4 Å². The molecule has 6 nitrogen and oxygen atoms in total. The SMILES string of the molecule is CN(Cc1ccccn1)C(=O)C1=NOC2(CCCNC2)C1. The Morgan fingerprint density at radius 1 is 1.52 bits per heavy atom. The molecule has 0 radical (unpaired) electrons. The van der Waals surface area contributed by atoms with E-state index < -0.39 is 0 Å². The highest BCUT2D eigenvalue weighted by atomic mass is 16.7. The first-order valence-corrected chi connectivity index (χ1v) is 7.30. The smallest absolute Gasteiger partial charge is 0.271 e. The van der Waals surface area contributed by atoms with Crippen LogP contribution in [0.1, 0.15) is 25.0 Å². The molecule has 6 heteroatoms. The quantitative estimate of drug-likeness (QED) is 0.899. The number of piperidine rings is 1. The van der Waals surface area contributed by atoms with E-state index in [4.69, 9.17) is 4.84 Å². The van der Waals surface area contributed by atoms with Gasteiger partial charge in [-0.1, -0.05) is 11.2 Å². The van der Waals surface area contributed by atoms with Gasteiger partial charge >= 0.3 is 0 Å². The Morgan fingerprint density at radius 3 is 3.14 bits per heavy atom. The molecule has 1 saturated heterocycles. The molecule has 1 amide bonds. The molecule has 1 unspecified atom stereocenters. The lowest BCUT2D eigenvalue weighted by Crippen LogP contribution is -2.46. The second-order valence-corrected chi connectivity index (χ2v) is 5.75. The molecule has 1 aromatic rings. The van der Waals surface area contributed by atoms with Crippen molar-refractivity contribution in [1.29, 1.82) is 0 Å². The monoisotopic (exact) mass is 288 g/mol. The van der Waals surface area contributed by atoms with Crippen LogP contribution in [0.5, 0.6) is 0 Å². The summed E-state index contributed by atoms with van der Waals surface area (Å²) in [4.78, 5) is 23.9. The average Bonchev–Trinajstić information content (AvgIpc) is 2.92. The van der Waals surface area contributed by atoms with Gasteiger partial charge in [-0.2, -0.15) is 0 Å². The van der Waals surface area contributed by atoms with Gasteiger partial charge < -0.3 is 15.1 Å². The molecule has 1 N–H and O–H groups in total. The summed E-state index contributed by atoms with van der Waals surface area (Å²) in [7, 11) is 1.77. The van der Waals surface area contributed by atoms with Gasteiger partial charge in [-0.15, -0.1) is 0 Å². The van der Waals surface area contributed by atoms with Crippen LogP contribution in [0.15, 0.2) is 29.6 Å². The summed E-state index contributed by atoms with van der Waals surface area (Å²) in [6.45, 7) is 2.25. The predicted octanol–water partition coefficient (Wildman–Crippen LogP) is 0.938. The van der Waals surface area contributed by atoms with E-state index >= 15 is 0 Å². The number of pyridine rings is 1. The number of carbonyl (C=O) groups excluding carboxylic acids is 1. The van der Waals surface area contributed by atoms with Crippen LogP contribution in [0.25, 0.3) is 0 Å². The molecule has 3 rings (SSSR count). The summed E-state index contributed by atoms with van der Waals surface area (Å²) in [5.41, 5.74) is 1.06. The largest absolute Gasteiger partial charge is 0.387 e. The van der Waals surface area contributed by atoms with Crippen molar-refractivity contribution in [3.8, 4) is 0 Å². The second kappa shape index (κ2) is 5.81. The Morgan fingerprint density at radius 2 is 2.43 bits per heavy atom. The molecule has 3 heterocycles. The molecule has 0 bridgehead atoms. The van der Waals surface area contributed by atoms with Gasteiger partial charge in [-0.3, -0.25) is 9.78 Å². The molecule has 0 aromatic carbocycles. The first-order valence-electron chi connectivity index (χ1n) is 7.30. The standard InChI is InChI=1S/C15H20N4O2/c1-19(10-12-5-2-3-8-17-12)14(20)13-9-15(21-18-13)6-4-7-16-11-15/h2-3,5,8,16H,4,6-7,9-11H2,1H3. The second-order valence-electron chi connectivity index (χ2n) is 5.75. The van der Waals surface area contributed by atoms with Crippen molar-refractivity contribution in [2.24, 2.45) is 5.16 Å². The molecule has 0 aliphatic carbocycles. The molecule has 0 saturated carbocycles. The van der Waals surface area contributed by atoms with Crippen LogP contribution in [0.4, 0.5) is 0 Å². The van der Waals surface area contributed by atoms with Crippen LogP contribution in [0.3, 0.4) is 0 Å². The van der Waals surface area contributed by atoms with E-state index in [1.165, 1.54) is 0 Å². The van der Waals surface area contributed by atoms with E-state index in [1.807, 2.05) is 18.2 Å². The van der Waals surface area contributed by atoms with E-state index in [1.54, 1.807) is 18.1 Å². The van der Waals surface area contributed by atoms with Crippen molar-refractivity contribution in [3.63, 3.8) is 0 Å². The molecule has 21 heavy (non-hydrogen) atoms. The minimum absolute atomic E-state index is 0.0805. The average molecular weight is 288 g/mol. The predicted molar refractivity (Wildman–Crippen MR) is 78.7 cm³/mol. The van der Waals surface area contributed by atoms with Crippen molar-refractivity contribution in [3.05, 3.63) is 30.1 Å². The van der Waals surface area contributed by atoms with Gasteiger partial charge in [0.2, 0.25) is 0 Å². The first-order chi connectivity index (χ1) is 10.2. The minimum Gasteiger partial charge on any atom is -0.387 e.